The molecule has 1 aromatic heterocycles. The van der Waals surface area contributed by atoms with E-state index >= 15 is 0 Å². The van der Waals surface area contributed by atoms with E-state index in [-0.39, 0.29) is 5.15 Å². The highest BCUT2D eigenvalue weighted by Crippen LogP contribution is 2.11. The zero-order valence-electron chi connectivity index (χ0n) is 4.88. The number of halogens is 2. The lowest BCUT2D eigenvalue weighted by Gasteiger charge is -1.92. The second-order valence-corrected chi connectivity index (χ2v) is 2.03. The summed E-state index contributed by atoms with van der Waals surface area (Å²) in [7, 11) is 0. The van der Waals surface area contributed by atoms with Gasteiger partial charge in [0.1, 0.15) is 0 Å². The molecule has 0 aliphatic heterocycles. The third kappa shape index (κ3) is 1.41. The van der Waals surface area contributed by atoms with E-state index in [0.29, 0.717) is 5.69 Å². The zero-order chi connectivity index (χ0) is 7.56. The highest BCUT2D eigenvalue weighted by molar-refractivity contribution is 6.29. The minimum absolute atomic E-state index is 0.189. The Morgan fingerprint density at radius 3 is 2.90 bits per heavy atom. The first-order valence-electron chi connectivity index (χ1n) is 2.52. The molecule has 0 fully saturated rings. The molecule has 3 nitrogen and oxygen atoms in total. The van der Waals surface area contributed by atoms with Gasteiger partial charge in [-0.2, -0.15) is 5.48 Å². The van der Waals surface area contributed by atoms with Crippen LogP contribution in [-0.2, 0) is 0 Å². The molecule has 0 radical (unpaired) electrons. The molecule has 1 heterocycles. The number of pyridine rings is 1. The fourth-order valence-corrected chi connectivity index (χ4v) is 0.610. The molecule has 0 amide bonds. The molecule has 0 atom stereocenters. The molecule has 54 valence electrons. The van der Waals surface area contributed by atoms with Gasteiger partial charge in [-0.25, -0.2) is 14.6 Å². The lowest BCUT2D eigenvalue weighted by atomic mass is 10.4. The topological polar surface area (TPSA) is 49.7 Å². The lowest BCUT2D eigenvalue weighted by molar-refractivity contribution is -0.826. The molecule has 1 aromatic rings. The second-order valence-electron chi connectivity index (χ2n) is 1.67. The zero-order valence-corrected chi connectivity index (χ0v) is 5.64. The highest BCUT2D eigenvalue weighted by atomic mass is 35.5. The summed E-state index contributed by atoms with van der Waals surface area (Å²) in [5, 5.41) is 8.19. The molecule has 0 aromatic carbocycles. The summed E-state index contributed by atoms with van der Waals surface area (Å²) in [5.74, 6) is -0.635. The molecule has 0 spiro atoms. The number of nitrogens with two attached hydrogens (primary N) is 1. The van der Waals surface area contributed by atoms with Crippen LogP contribution in [0.5, 0.6) is 0 Å². The molecule has 0 saturated heterocycles. The quantitative estimate of drug-likeness (QED) is 0.467. The Bertz CT molecular complexity index is 243. The first-order valence-corrected chi connectivity index (χ1v) is 2.90. The van der Waals surface area contributed by atoms with Gasteiger partial charge >= 0.3 is 0 Å². The number of quaternary nitrogens is 1. The summed E-state index contributed by atoms with van der Waals surface area (Å²) in [6, 6.07) is 1.09. The van der Waals surface area contributed by atoms with Crippen LogP contribution in [0, 0.1) is 5.82 Å². The van der Waals surface area contributed by atoms with E-state index in [2.05, 4.69) is 4.98 Å². The molecule has 3 N–H and O–H groups in total. The smallest absolute Gasteiger partial charge is 0.183 e. The molecule has 0 unspecified atom stereocenters. The van der Waals surface area contributed by atoms with Crippen LogP contribution in [0.15, 0.2) is 12.3 Å². The summed E-state index contributed by atoms with van der Waals surface area (Å²) in [4.78, 5) is 3.45. The molecule has 0 aliphatic carbocycles. The average molecular weight is 164 g/mol. The van der Waals surface area contributed by atoms with Crippen molar-refractivity contribution in [2.45, 2.75) is 0 Å². The fraction of sp³-hybridized carbons (Fsp3) is 0. The van der Waals surface area contributed by atoms with Crippen molar-refractivity contribution in [3.63, 3.8) is 0 Å². The Labute approximate surface area is 61.4 Å². The third-order valence-corrected chi connectivity index (χ3v) is 1.24. The molecular weight excluding hydrogens is 159 g/mol. The van der Waals surface area contributed by atoms with Gasteiger partial charge < -0.3 is 0 Å². The first kappa shape index (κ1) is 7.40. The van der Waals surface area contributed by atoms with E-state index in [1.165, 1.54) is 6.20 Å². The highest BCUT2D eigenvalue weighted by Gasteiger charge is 2.03. The van der Waals surface area contributed by atoms with Crippen LogP contribution >= 0.6 is 11.6 Å². The second kappa shape index (κ2) is 2.92. The van der Waals surface area contributed by atoms with Gasteiger partial charge in [-0.15, -0.1) is 0 Å². The number of rotatable bonds is 1. The number of aromatic nitrogens is 1. The van der Waals surface area contributed by atoms with Gasteiger partial charge in [0, 0.05) is 6.07 Å². The van der Waals surface area contributed by atoms with Crippen molar-refractivity contribution in [2.24, 2.45) is 0 Å². The van der Waals surface area contributed by atoms with Gasteiger partial charge in [0.25, 0.3) is 0 Å². The minimum atomic E-state index is -0.635. The van der Waals surface area contributed by atoms with Crippen LogP contribution in [-0.4, -0.2) is 10.2 Å². The van der Waals surface area contributed by atoms with Crippen LogP contribution < -0.4 is 5.48 Å². The van der Waals surface area contributed by atoms with Crippen LogP contribution in [0.25, 0.3) is 0 Å². The van der Waals surface area contributed by atoms with E-state index in [9.17, 15) is 4.39 Å². The average Bonchev–Trinajstić information content (AvgIpc) is 1.95. The normalized spacial score (nSPS) is 9.90. The Balaban J connectivity index is 3.04. The van der Waals surface area contributed by atoms with Crippen LogP contribution in [0.1, 0.15) is 0 Å². The van der Waals surface area contributed by atoms with Crippen molar-refractivity contribution < 1.29 is 15.1 Å². The van der Waals surface area contributed by atoms with Crippen molar-refractivity contribution in [2.75, 3.05) is 0 Å². The summed E-state index contributed by atoms with van der Waals surface area (Å²) >= 11 is 5.26. The number of nitrogens with zero attached hydrogens (tertiary/aromatic N) is 1. The SMILES string of the molecule is O[NH2+]c1cnc(Cl)c(F)c1. The van der Waals surface area contributed by atoms with Gasteiger partial charge in [0.15, 0.2) is 16.7 Å². The van der Waals surface area contributed by atoms with Crippen molar-refractivity contribution >= 4 is 17.3 Å². The molecule has 0 saturated carbocycles. The van der Waals surface area contributed by atoms with Crippen molar-refractivity contribution in [1.82, 2.24) is 4.98 Å². The van der Waals surface area contributed by atoms with Crippen molar-refractivity contribution in [3.05, 3.63) is 23.2 Å². The van der Waals surface area contributed by atoms with E-state index in [4.69, 9.17) is 16.8 Å². The van der Waals surface area contributed by atoms with Crippen LogP contribution in [0.2, 0.25) is 5.15 Å². The van der Waals surface area contributed by atoms with Crippen molar-refractivity contribution in [1.29, 1.82) is 0 Å². The van der Waals surface area contributed by atoms with Gasteiger partial charge in [-0.1, -0.05) is 11.6 Å². The summed E-state index contributed by atoms with van der Waals surface area (Å²) in [5.41, 5.74) is 1.05. The standard InChI is InChI=1S/C5H4ClFN2O/c6-5-4(7)1-3(9-10)2-8-5/h1-2,9-10H/p+1. The molecule has 10 heavy (non-hydrogen) atoms. The Kier molecular flexibility index (Phi) is 2.16. The van der Waals surface area contributed by atoms with E-state index in [1.807, 2.05) is 0 Å². The van der Waals surface area contributed by atoms with Gasteiger partial charge in [-0.3, -0.25) is 0 Å². The maximum Gasteiger partial charge on any atom is 0.183 e. The largest absolute Gasteiger partial charge is 0.235 e. The molecule has 1 rings (SSSR count). The Morgan fingerprint density at radius 1 is 1.70 bits per heavy atom. The Morgan fingerprint density at radius 2 is 2.40 bits per heavy atom. The van der Waals surface area contributed by atoms with Crippen LogP contribution in [0.4, 0.5) is 10.1 Å². The fourth-order valence-electron chi connectivity index (χ4n) is 0.507. The molecule has 5 heteroatoms. The van der Waals surface area contributed by atoms with Crippen molar-refractivity contribution in [3.8, 4) is 0 Å². The van der Waals surface area contributed by atoms with Gasteiger partial charge in [0.2, 0.25) is 0 Å². The van der Waals surface area contributed by atoms with E-state index in [0.717, 1.165) is 11.5 Å². The van der Waals surface area contributed by atoms with Gasteiger partial charge in [-0.05, 0) is 0 Å². The van der Waals surface area contributed by atoms with Crippen LogP contribution in [0.3, 0.4) is 0 Å². The maximum atomic E-state index is 12.4. The summed E-state index contributed by atoms with van der Waals surface area (Å²) in [6.45, 7) is 0. The minimum Gasteiger partial charge on any atom is -0.235 e. The number of hydrogen-bond acceptors (Lipinski definition) is 2. The summed E-state index contributed by atoms with van der Waals surface area (Å²) in [6.07, 6.45) is 1.27. The number of hydrogen-bond donors (Lipinski definition) is 2. The molecule has 0 bridgehead atoms. The predicted octanol–water partition coefficient (Wildman–Crippen LogP) is 0.458. The molecule has 0 aliphatic rings. The van der Waals surface area contributed by atoms with Gasteiger partial charge in [0.05, 0.1) is 6.20 Å². The van der Waals surface area contributed by atoms with E-state index < -0.39 is 5.82 Å². The Hall–Kier alpha value is -0.710. The first-order chi connectivity index (χ1) is 4.74. The monoisotopic (exact) mass is 163 g/mol. The third-order valence-electron chi connectivity index (χ3n) is 0.967. The predicted molar refractivity (Wildman–Crippen MR) is 32.6 cm³/mol. The summed E-state index contributed by atoms with van der Waals surface area (Å²) < 4.78 is 12.4. The maximum absolute atomic E-state index is 12.4. The molecular formula is C5H5ClFN2O+. The van der Waals surface area contributed by atoms with E-state index in [1.54, 1.807) is 0 Å². The lowest BCUT2D eigenvalue weighted by Crippen LogP contribution is -2.73.